The Labute approximate surface area is 249 Å². The predicted molar refractivity (Wildman–Crippen MR) is 154 cm³/mol. The molecular formula is C30H36N4O9. The molecule has 0 aromatic heterocycles. The number of alkyl carbamates (subject to hydrolysis) is 1. The second kappa shape index (κ2) is 18.2. The quantitative estimate of drug-likeness (QED) is 0.0891. The van der Waals surface area contributed by atoms with Crippen molar-refractivity contribution in [3.8, 4) is 11.1 Å². The van der Waals surface area contributed by atoms with Crippen molar-refractivity contribution in [2.24, 2.45) is 0 Å². The van der Waals surface area contributed by atoms with Crippen molar-refractivity contribution < 1.29 is 48.0 Å². The highest BCUT2D eigenvalue weighted by Gasteiger charge is 2.30. The second-order valence-corrected chi connectivity index (χ2v) is 9.54. The number of ether oxygens (including phenoxy) is 4. The Morgan fingerprint density at radius 1 is 0.860 bits per heavy atom. The van der Waals surface area contributed by atoms with E-state index in [1.54, 1.807) is 0 Å². The SMILES string of the molecule is [N-]=[N+]=CC(=O)CC[C@H](NC(=O)OCC1c2ccccc2-c2ccccc21)C(=O)NCCOCCOCCOCCC(=O)O. The van der Waals surface area contributed by atoms with Crippen LogP contribution < -0.4 is 10.6 Å². The number of nitrogens with one attached hydrogen (secondary N) is 2. The summed E-state index contributed by atoms with van der Waals surface area (Å²) in [5.41, 5.74) is 12.9. The maximum absolute atomic E-state index is 12.8. The largest absolute Gasteiger partial charge is 0.481 e. The number of aliphatic carboxylic acids is 1. The van der Waals surface area contributed by atoms with Gasteiger partial charge in [-0.1, -0.05) is 48.5 Å². The summed E-state index contributed by atoms with van der Waals surface area (Å²) in [5, 5.41) is 13.7. The fourth-order valence-electron chi connectivity index (χ4n) is 4.54. The van der Waals surface area contributed by atoms with E-state index < -0.39 is 29.8 Å². The first-order valence-electron chi connectivity index (χ1n) is 13.9. The van der Waals surface area contributed by atoms with E-state index >= 15 is 0 Å². The van der Waals surface area contributed by atoms with Crippen LogP contribution in [0.3, 0.4) is 0 Å². The molecule has 0 heterocycles. The van der Waals surface area contributed by atoms with Gasteiger partial charge in [0.1, 0.15) is 12.6 Å². The molecular weight excluding hydrogens is 560 g/mol. The van der Waals surface area contributed by atoms with Gasteiger partial charge in [0.15, 0.2) is 0 Å². The Balaban J connectivity index is 1.42. The number of hydrogen-bond donors (Lipinski definition) is 3. The third kappa shape index (κ3) is 11.1. The highest BCUT2D eigenvalue weighted by atomic mass is 16.6. The van der Waals surface area contributed by atoms with Crippen LogP contribution in [0.2, 0.25) is 0 Å². The van der Waals surface area contributed by atoms with Crippen molar-refractivity contribution in [2.45, 2.75) is 31.2 Å². The van der Waals surface area contributed by atoms with E-state index in [0.717, 1.165) is 28.5 Å². The minimum Gasteiger partial charge on any atom is -0.481 e. The van der Waals surface area contributed by atoms with Gasteiger partial charge < -0.3 is 40.2 Å². The number of amides is 2. The fourth-order valence-corrected chi connectivity index (χ4v) is 4.54. The van der Waals surface area contributed by atoms with Crippen molar-refractivity contribution in [1.82, 2.24) is 10.6 Å². The highest BCUT2D eigenvalue weighted by molar-refractivity contribution is 6.25. The molecule has 0 aliphatic heterocycles. The number of carbonyl (C=O) groups is 4. The first-order chi connectivity index (χ1) is 20.9. The Bertz CT molecular complexity index is 1250. The molecule has 2 amide bonds. The average molecular weight is 597 g/mol. The van der Waals surface area contributed by atoms with E-state index in [2.05, 4.69) is 15.4 Å². The number of carbonyl (C=O) groups excluding carboxylic acids is 3. The number of carboxylic acids is 1. The van der Waals surface area contributed by atoms with Gasteiger partial charge in [-0.05, 0) is 28.7 Å². The molecule has 0 unspecified atom stereocenters. The van der Waals surface area contributed by atoms with E-state index in [9.17, 15) is 19.2 Å². The summed E-state index contributed by atoms with van der Waals surface area (Å²) in [6, 6.07) is 14.8. The molecule has 1 aliphatic rings. The number of rotatable bonds is 20. The monoisotopic (exact) mass is 596 g/mol. The number of Topliss-reactive ketones (excluding diaryl/α,β-unsaturated/α-hetero) is 1. The van der Waals surface area contributed by atoms with Crippen LogP contribution in [0.1, 0.15) is 36.3 Å². The van der Waals surface area contributed by atoms with Gasteiger partial charge in [-0.15, -0.1) is 0 Å². The minimum atomic E-state index is -1.07. The second-order valence-electron chi connectivity index (χ2n) is 9.54. The number of hydrogen-bond acceptors (Lipinski definition) is 8. The van der Waals surface area contributed by atoms with Gasteiger partial charge in [-0.3, -0.25) is 14.4 Å². The number of ketones is 1. The Hall–Kier alpha value is -4.42. The van der Waals surface area contributed by atoms with Crippen LogP contribution in [-0.4, -0.2) is 98.7 Å². The molecule has 0 spiro atoms. The van der Waals surface area contributed by atoms with Crippen LogP contribution in [0.15, 0.2) is 48.5 Å². The fraction of sp³-hybridized carbons (Fsp3) is 0.433. The molecule has 0 fully saturated rings. The zero-order valence-corrected chi connectivity index (χ0v) is 23.7. The van der Waals surface area contributed by atoms with E-state index in [1.165, 1.54) is 0 Å². The first kappa shape index (κ1) is 33.1. The maximum atomic E-state index is 12.8. The summed E-state index contributed by atoms with van der Waals surface area (Å²) in [7, 11) is 0. The van der Waals surface area contributed by atoms with Crippen LogP contribution in [-0.2, 0) is 33.3 Å². The molecule has 3 rings (SSSR count). The van der Waals surface area contributed by atoms with E-state index in [1.807, 2.05) is 48.5 Å². The molecule has 13 nitrogen and oxygen atoms in total. The van der Waals surface area contributed by atoms with Gasteiger partial charge >= 0.3 is 18.3 Å². The topological polar surface area (TPSA) is 186 Å². The van der Waals surface area contributed by atoms with E-state index in [-0.39, 0.29) is 71.4 Å². The molecule has 0 bridgehead atoms. The molecule has 2 aromatic carbocycles. The van der Waals surface area contributed by atoms with Crippen molar-refractivity contribution in [1.29, 1.82) is 0 Å². The Morgan fingerprint density at radius 3 is 2.05 bits per heavy atom. The van der Waals surface area contributed by atoms with Gasteiger partial charge in [-0.2, -0.15) is 4.79 Å². The number of nitrogens with zero attached hydrogens (tertiary/aromatic N) is 2. The molecule has 230 valence electrons. The lowest BCUT2D eigenvalue weighted by atomic mass is 9.98. The molecule has 43 heavy (non-hydrogen) atoms. The molecule has 1 atom stereocenters. The molecule has 2 aromatic rings. The van der Waals surface area contributed by atoms with Crippen LogP contribution in [0.4, 0.5) is 4.79 Å². The van der Waals surface area contributed by atoms with Gasteiger partial charge in [0, 0.05) is 18.9 Å². The van der Waals surface area contributed by atoms with E-state index in [0.29, 0.717) is 6.61 Å². The average Bonchev–Trinajstić information content (AvgIpc) is 3.32. The minimum absolute atomic E-state index is 0.0376. The summed E-state index contributed by atoms with van der Waals surface area (Å²) >= 11 is 0. The summed E-state index contributed by atoms with van der Waals surface area (Å²) < 4.78 is 21.4. The van der Waals surface area contributed by atoms with Gasteiger partial charge in [-0.25, -0.2) is 4.79 Å². The predicted octanol–water partition coefficient (Wildman–Crippen LogP) is 2.18. The Kier molecular flexibility index (Phi) is 14.0. The number of fused-ring (bicyclic) bond motifs is 3. The summed E-state index contributed by atoms with van der Waals surface area (Å²) in [6.45, 7) is 1.63. The van der Waals surface area contributed by atoms with Crippen molar-refractivity contribution in [3.63, 3.8) is 0 Å². The molecule has 0 saturated heterocycles. The normalized spacial score (nSPS) is 12.4. The summed E-state index contributed by atoms with van der Waals surface area (Å²) in [4.78, 5) is 50.5. The summed E-state index contributed by atoms with van der Waals surface area (Å²) in [5.74, 6) is -2.12. The lowest BCUT2D eigenvalue weighted by Gasteiger charge is -2.19. The van der Waals surface area contributed by atoms with E-state index in [4.69, 9.17) is 29.6 Å². The first-order valence-corrected chi connectivity index (χ1v) is 13.9. The number of carboxylic acid groups (broad SMARTS) is 1. The smallest absolute Gasteiger partial charge is 0.407 e. The van der Waals surface area contributed by atoms with Crippen molar-refractivity contribution in [2.75, 3.05) is 52.8 Å². The standard InChI is InChI=1S/C30H36N4O9/c31-33-19-21(35)9-10-27(29(38)32-12-14-41-16-18-42-17-15-40-13-11-28(36)37)34-30(39)43-20-26-24-7-3-1-5-22(24)23-6-2-4-8-25(23)26/h1-8,19,26-27H,9-18,20H2,(H,32,38)(H,34,39)(H,36,37)/t27-/m0/s1. The zero-order chi connectivity index (χ0) is 30.9. The lowest BCUT2D eigenvalue weighted by Crippen LogP contribution is -2.48. The molecule has 0 saturated carbocycles. The van der Waals surface area contributed by atoms with Crippen LogP contribution >= 0.6 is 0 Å². The van der Waals surface area contributed by atoms with Gasteiger partial charge in [0.2, 0.25) is 11.7 Å². The van der Waals surface area contributed by atoms with Gasteiger partial charge in [0.25, 0.3) is 0 Å². The molecule has 3 N–H and O–H groups in total. The third-order valence-electron chi connectivity index (χ3n) is 6.58. The van der Waals surface area contributed by atoms with Crippen LogP contribution in [0.25, 0.3) is 16.7 Å². The zero-order valence-electron chi connectivity index (χ0n) is 23.7. The molecule has 0 radical (unpaired) electrons. The third-order valence-corrected chi connectivity index (χ3v) is 6.58. The Morgan fingerprint density at radius 2 is 1.44 bits per heavy atom. The highest BCUT2D eigenvalue weighted by Crippen LogP contribution is 2.44. The van der Waals surface area contributed by atoms with Crippen LogP contribution in [0, 0.1) is 0 Å². The maximum Gasteiger partial charge on any atom is 0.407 e. The van der Waals surface area contributed by atoms with Crippen molar-refractivity contribution >= 4 is 30.0 Å². The lowest BCUT2D eigenvalue weighted by molar-refractivity contribution is -0.138. The summed E-state index contributed by atoms with van der Waals surface area (Å²) in [6.07, 6.45) is -0.306. The van der Waals surface area contributed by atoms with Crippen molar-refractivity contribution in [3.05, 3.63) is 65.2 Å². The molecule has 1 aliphatic carbocycles. The number of benzene rings is 2. The van der Waals surface area contributed by atoms with Gasteiger partial charge in [0.05, 0.1) is 46.1 Å². The van der Waals surface area contributed by atoms with Crippen LogP contribution in [0.5, 0.6) is 0 Å². The molecule has 13 heteroatoms.